The molecule has 0 amide bonds. The van der Waals surface area contributed by atoms with Crippen molar-refractivity contribution in [2.24, 2.45) is 0 Å². The van der Waals surface area contributed by atoms with Crippen molar-refractivity contribution in [3.8, 4) is 0 Å². The Hall–Kier alpha value is -2.57. The lowest BCUT2D eigenvalue weighted by molar-refractivity contribution is -0.0446. The summed E-state index contributed by atoms with van der Waals surface area (Å²) in [7, 11) is 0. The highest BCUT2D eigenvalue weighted by molar-refractivity contribution is 5.73. The van der Waals surface area contributed by atoms with E-state index in [1.807, 2.05) is 31.2 Å². The number of rotatable bonds is 3. The molecule has 136 valence electrons. The van der Waals surface area contributed by atoms with Gasteiger partial charge < -0.3 is 4.98 Å². The highest BCUT2D eigenvalue weighted by Gasteiger charge is 2.36. The smallest absolute Gasteiger partial charge is 0.262 e. The van der Waals surface area contributed by atoms with Gasteiger partial charge in [-0.25, -0.2) is 18.4 Å². The van der Waals surface area contributed by atoms with Crippen molar-refractivity contribution in [3.63, 3.8) is 0 Å². The van der Waals surface area contributed by atoms with Gasteiger partial charge in [0.05, 0.1) is 12.2 Å². The van der Waals surface area contributed by atoms with Gasteiger partial charge in [-0.3, -0.25) is 4.79 Å². The quantitative estimate of drug-likeness (QED) is 0.775. The molecule has 3 aromatic rings. The molecular formula is C19H20F2N4O. The van der Waals surface area contributed by atoms with Gasteiger partial charge in [-0.05, 0) is 30.9 Å². The van der Waals surface area contributed by atoms with Crippen LogP contribution in [-0.2, 0) is 6.42 Å². The molecule has 2 aromatic heterocycles. The van der Waals surface area contributed by atoms with Crippen molar-refractivity contribution in [1.82, 2.24) is 19.7 Å². The Kier molecular flexibility index (Phi) is 4.09. The van der Waals surface area contributed by atoms with Crippen molar-refractivity contribution in [2.75, 3.05) is 0 Å². The van der Waals surface area contributed by atoms with Crippen molar-refractivity contribution in [2.45, 2.75) is 51.0 Å². The van der Waals surface area contributed by atoms with Gasteiger partial charge in [-0.15, -0.1) is 0 Å². The molecule has 0 atom stereocenters. The second-order valence-electron chi connectivity index (χ2n) is 7.03. The fourth-order valence-electron chi connectivity index (χ4n) is 3.59. The summed E-state index contributed by atoms with van der Waals surface area (Å²) in [4.78, 5) is 19.8. The first-order valence-electron chi connectivity index (χ1n) is 8.82. The van der Waals surface area contributed by atoms with E-state index in [2.05, 4.69) is 15.1 Å². The maximum absolute atomic E-state index is 13.4. The van der Waals surface area contributed by atoms with Gasteiger partial charge in [0.2, 0.25) is 5.92 Å². The van der Waals surface area contributed by atoms with Gasteiger partial charge in [-0.2, -0.15) is 5.10 Å². The molecule has 0 bridgehead atoms. The molecule has 1 saturated carbocycles. The Morgan fingerprint density at radius 2 is 2.00 bits per heavy atom. The molecule has 1 aliphatic carbocycles. The van der Waals surface area contributed by atoms with Crippen molar-refractivity contribution in [1.29, 1.82) is 0 Å². The number of H-pyrrole nitrogens is 1. The van der Waals surface area contributed by atoms with Gasteiger partial charge in [0.1, 0.15) is 11.2 Å². The minimum absolute atomic E-state index is 0.146. The van der Waals surface area contributed by atoms with E-state index in [1.54, 1.807) is 4.68 Å². The number of alkyl halides is 2. The molecule has 1 aromatic carbocycles. The van der Waals surface area contributed by atoms with Crippen molar-refractivity contribution < 1.29 is 8.78 Å². The summed E-state index contributed by atoms with van der Waals surface area (Å²) in [5.41, 5.74) is 2.44. The lowest BCUT2D eigenvalue weighted by Crippen LogP contribution is -2.27. The third-order valence-electron chi connectivity index (χ3n) is 5.16. The third kappa shape index (κ3) is 3.13. The van der Waals surface area contributed by atoms with Crippen LogP contribution >= 0.6 is 0 Å². The number of aromatic nitrogens is 4. The molecule has 26 heavy (non-hydrogen) atoms. The zero-order valence-corrected chi connectivity index (χ0v) is 14.5. The number of aromatic amines is 1. The van der Waals surface area contributed by atoms with Crippen LogP contribution in [-0.4, -0.2) is 25.7 Å². The van der Waals surface area contributed by atoms with Gasteiger partial charge in [0, 0.05) is 19.3 Å². The molecule has 0 unspecified atom stereocenters. The van der Waals surface area contributed by atoms with E-state index in [-0.39, 0.29) is 24.4 Å². The van der Waals surface area contributed by atoms with Crippen molar-refractivity contribution in [3.05, 3.63) is 57.8 Å². The Bertz CT molecular complexity index is 998. The Balaban J connectivity index is 1.70. The predicted molar refractivity (Wildman–Crippen MR) is 94.6 cm³/mol. The van der Waals surface area contributed by atoms with Gasteiger partial charge in [0.25, 0.3) is 5.56 Å². The largest absolute Gasteiger partial charge is 0.310 e. The second-order valence-corrected chi connectivity index (χ2v) is 7.03. The molecule has 0 spiro atoms. The summed E-state index contributed by atoms with van der Waals surface area (Å²) >= 11 is 0. The predicted octanol–water partition coefficient (Wildman–Crippen LogP) is 3.77. The fourth-order valence-corrected chi connectivity index (χ4v) is 3.59. The highest BCUT2D eigenvalue weighted by atomic mass is 19.3. The van der Waals surface area contributed by atoms with Gasteiger partial charge in [-0.1, -0.05) is 24.3 Å². The Morgan fingerprint density at radius 3 is 2.73 bits per heavy atom. The van der Waals surface area contributed by atoms with Crippen LogP contribution in [0.25, 0.3) is 11.0 Å². The Labute approximate surface area is 149 Å². The summed E-state index contributed by atoms with van der Waals surface area (Å²) in [5.74, 6) is -2.04. The van der Waals surface area contributed by atoms with E-state index >= 15 is 0 Å². The molecule has 1 N–H and O–H groups in total. The fraction of sp³-hybridized carbons (Fsp3) is 0.421. The van der Waals surface area contributed by atoms with Crippen LogP contribution in [0, 0.1) is 6.92 Å². The summed E-state index contributed by atoms with van der Waals surface area (Å²) in [5, 5.41) is 4.68. The first-order valence-corrected chi connectivity index (χ1v) is 8.82. The average Bonchev–Trinajstić information content (AvgIpc) is 3.01. The molecule has 7 heteroatoms. The summed E-state index contributed by atoms with van der Waals surface area (Å²) in [6.07, 6.45) is 2.35. The first kappa shape index (κ1) is 16.9. The molecule has 1 fully saturated rings. The van der Waals surface area contributed by atoms with Crippen LogP contribution in [0.4, 0.5) is 8.78 Å². The van der Waals surface area contributed by atoms with E-state index in [9.17, 15) is 13.6 Å². The van der Waals surface area contributed by atoms with E-state index in [4.69, 9.17) is 0 Å². The van der Waals surface area contributed by atoms with Crippen LogP contribution in [0.2, 0.25) is 0 Å². The molecule has 4 rings (SSSR count). The molecule has 2 heterocycles. The minimum Gasteiger partial charge on any atom is -0.310 e. The molecule has 1 aliphatic rings. The zero-order chi connectivity index (χ0) is 18.3. The normalized spacial score (nSPS) is 17.7. The number of hydrogen-bond donors (Lipinski definition) is 1. The maximum atomic E-state index is 13.4. The minimum atomic E-state index is -2.60. The molecule has 5 nitrogen and oxygen atoms in total. The molecule has 0 aliphatic heterocycles. The van der Waals surface area contributed by atoms with E-state index < -0.39 is 5.92 Å². The van der Waals surface area contributed by atoms with Crippen LogP contribution in [0.1, 0.15) is 48.7 Å². The zero-order valence-electron chi connectivity index (χ0n) is 14.5. The number of nitrogens with one attached hydrogen (secondary N) is 1. The molecular weight excluding hydrogens is 338 g/mol. The van der Waals surface area contributed by atoms with Gasteiger partial charge >= 0.3 is 0 Å². The lowest BCUT2D eigenvalue weighted by Gasteiger charge is -2.28. The summed E-state index contributed by atoms with van der Waals surface area (Å²) < 4.78 is 28.5. The van der Waals surface area contributed by atoms with Crippen LogP contribution < -0.4 is 5.56 Å². The van der Waals surface area contributed by atoms with E-state index in [0.717, 1.165) is 11.1 Å². The topological polar surface area (TPSA) is 63.6 Å². The first-order chi connectivity index (χ1) is 12.4. The van der Waals surface area contributed by atoms with Gasteiger partial charge in [0.15, 0.2) is 5.65 Å². The monoisotopic (exact) mass is 358 g/mol. The Morgan fingerprint density at radius 1 is 1.27 bits per heavy atom. The van der Waals surface area contributed by atoms with Crippen LogP contribution in [0.15, 0.2) is 35.3 Å². The third-order valence-corrected chi connectivity index (χ3v) is 5.16. The number of benzene rings is 1. The van der Waals surface area contributed by atoms with Crippen LogP contribution in [0.5, 0.6) is 0 Å². The van der Waals surface area contributed by atoms with E-state index in [0.29, 0.717) is 36.1 Å². The number of hydrogen-bond acceptors (Lipinski definition) is 3. The molecule has 0 saturated heterocycles. The maximum Gasteiger partial charge on any atom is 0.262 e. The SMILES string of the molecule is Cc1ccccc1Cc1nc2c(cnn2C2CCC(F)(F)CC2)c(=O)[nH]1. The number of halogens is 2. The number of aryl methyl sites for hydroxylation is 1. The number of nitrogens with zero attached hydrogens (tertiary/aromatic N) is 3. The summed E-state index contributed by atoms with van der Waals surface area (Å²) in [6.45, 7) is 2.01. The van der Waals surface area contributed by atoms with E-state index in [1.165, 1.54) is 6.20 Å². The molecule has 0 radical (unpaired) electrons. The standard InChI is InChI=1S/C19H20F2N4O/c1-12-4-2-3-5-13(12)10-16-23-17-15(18(26)24-16)11-22-25(17)14-6-8-19(20,21)9-7-14/h2-5,11,14H,6-10H2,1H3,(H,23,24,26). The van der Waals surface area contributed by atoms with Crippen LogP contribution in [0.3, 0.4) is 0 Å². The summed E-state index contributed by atoms with van der Waals surface area (Å²) in [6, 6.07) is 7.78. The lowest BCUT2D eigenvalue weighted by atomic mass is 9.92. The second kappa shape index (κ2) is 6.30. The average molecular weight is 358 g/mol. The van der Waals surface area contributed by atoms with Crippen molar-refractivity contribution >= 4 is 11.0 Å². The highest BCUT2D eigenvalue weighted by Crippen LogP contribution is 2.38. The number of fused-ring (bicyclic) bond motifs is 1.